The van der Waals surface area contributed by atoms with Crippen molar-refractivity contribution in [3.05, 3.63) is 102 Å². The molecular weight excluding hydrogens is 473 g/mol. The molecule has 0 aliphatic rings. The number of carbonyl (C=O) groups is 2. The van der Waals surface area contributed by atoms with Gasteiger partial charge in [0, 0.05) is 31.2 Å². The predicted molar refractivity (Wildman–Crippen MR) is 127 cm³/mol. The minimum atomic E-state index is -4.42. The molecule has 182 valence electrons. The normalized spacial score (nSPS) is 11.0. The van der Waals surface area contributed by atoms with Crippen molar-refractivity contribution in [2.75, 3.05) is 12.4 Å². The van der Waals surface area contributed by atoms with E-state index in [-0.39, 0.29) is 17.3 Å². The third kappa shape index (κ3) is 5.84. The molecule has 0 unspecified atom stereocenters. The Labute approximate surface area is 204 Å². The molecule has 2 N–H and O–H groups in total. The van der Waals surface area contributed by atoms with Gasteiger partial charge in [-0.2, -0.15) is 13.2 Å². The Hall–Kier alpha value is -4.73. The van der Waals surface area contributed by atoms with Crippen LogP contribution in [0.2, 0.25) is 0 Å². The van der Waals surface area contributed by atoms with Gasteiger partial charge in [0.1, 0.15) is 22.9 Å². The molecule has 2 aromatic heterocycles. The predicted octanol–water partition coefficient (Wildman–Crippen LogP) is 5.57. The van der Waals surface area contributed by atoms with Gasteiger partial charge >= 0.3 is 6.18 Å². The van der Waals surface area contributed by atoms with E-state index in [0.29, 0.717) is 28.3 Å². The summed E-state index contributed by atoms with van der Waals surface area (Å²) in [5.41, 5.74) is 1.13. The number of benzene rings is 2. The summed E-state index contributed by atoms with van der Waals surface area (Å²) in [6.45, 7) is 0. The van der Waals surface area contributed by atoms with Crippen molar-refractivity contribution in [1.29, 1.82) is 0 Å². The van der Waals surface area contributed by atoms with E-state index in [0.717, 1.165) is 12.1 Å². The number of nitrogens with zero attached hydrogens (tertiary/aromatic N) is 2. The van der Waals surface area contributed by atoms with Crippen LogP contribution >= 0.6 is 0 Å². The average Bonchev–Trinajstić information content (AvgIpc) is 2.89. The van der Waals surface area contributed by atoms with E-state index in [2.05, 4.69) is 20.6 Å². The second kappa shape index (κ2) is 10.3. The van der Waals surface area contributed by atoms with Crippen molar-refractivity contribution in [3.63, 3.8) is 0 Å². The lowest BCUT2D eigenvalue weighted by Crippen LogP contribution is -2.18. The summed E-state index contributed by atoms with van der Waals surface area (Å²) in [6, 6.07) is 17.4. The zero-order chi connectivity index (χ0) is 25.7. The lowest BCUT2D eigenvalue weighted by atomic mass is 10.0. The van der Waals surface area contributed by atoms with E-state index in [1.165, 1.54) is 43.7 Å². The Bertz CT molecular complexity index is 1390. The summed E-state index contributed by atoms with van der Waals surface area (Å²) in [7, 11) is 1.51. The standard InChI is InChI=1S/C26H19F3N4O3/c1-30-24(34)23-15-21(11-13-32-23)36-20-8-6-19(7-9-20)33-25(35)22-14-17(10-12-31-22)16-2-4-18(5-3-16)26(27,28)29/h2-15H,1H3,(H,30,34)(H,33,35). The maximum Gasteiger partial charge on any atom is 0.416 e. The molecule has 0 radical (unpaired) electrons. The molecule has 0 spiro atoms. The number of hydrogen-bond donors (Lipinski definition) is 2. The number of pyridine rings is 2. The van der Waals surface area contributed by atoms with Gasteiger partial charge in [-0.3, -0.25) is 19.6 Å². The van der Waals surface area contributed by atoms with E-state index >= 15 is 0 Å². The number of hydrogen-bond acceptors (Lipinski definition) is 5. The van der Waals surface area contributed by atoms with Crippen LogP contribution in [0.5, 0.6) is 11.5 Å². The fourth-order valence-corrected chi connectivity index (χ4v) is 3.25. The number of aromatic nitrogens is 2. The summed E-state index contributed by atoms with van der Waals surface area (Å²) < 4.78 is 44.1. The Morgan fingerprint density at radius 1 is 0.750 bits per heavy atom. The monoisotopic (exact) mass is 492 g/mol. The first-order valence-corrected chi connectivity index (χ1v) is 10.6. The molecule has 2 amide bonds. The zero-order valence-corrected chi connectivity index (χ0v) is 18.8. The number of anilines is 1. The fraction of sp³-hybridized carbons (Fsp3) is 0.0769. The summed E-state index contributed by atoms with van der Waals surface area (Å²) in [6.07, 6.45) is -1.55. The van der Waals surface area contributed by atoms with Crippen molar-refractivity contribution in [2.24, 2.45) is 0 Å². The molecule has 10 heteroatoms. The highest BCUT2D eigenvalue weighted by molar-refractivity contribution is 6.03. The molecule has 36 heavy (non-hydrogen) atoms. The van der Waals surface area contributed by atoms with Gasteiger partial charge in [0.15, 0.2) is 0 Å². The van der Waals surface area contributed by atoms with Gasteiger partial charge in [-0.15, -0.1) is 0 Å². The van der Waals surface area contributed by atoms with Crippen molar-refractivity contribution >= 4 is 17.5 Å². The maximum atomic E-state index is 12.8. The van der Waals surface area contributed by atoms with Crippen molar-refractivity contribution in [1.82, 2.24) is 15.3 Å². The van der Waals surface area contributed by atoms with Crippen molar-refractivity contribution < 1.29 is 27.5 Å². The molecule has 4 rings (SSSR count). The molecule has 0 aliphatic heterocycles. The molecule has 2 heterocycles. The highest BCUT2D eigenvalue weighted by Gasteiger charge is 2.30. The second-order valence-corrected chi connectivity index (χ2v) is 7.54. The molecule has 4 aromatic rings. The van der Waals surface area contributed by atoms with Gasteiger partial charge in [0.2, 0.25) is 0 Å². The number of ether oxygens (including phenoxy) is 1. The van der Waals surface area contributed by atoms with Gasteiger partial charge < -0.3 is 15.4 Å². The van der Waals surface area contributed by atoms with Gasteiger partial charge in [0.05, 0.1) is 5.56 Å². The number of halogens is 3. The van der Waals surface area contributed by atoms with Crippen LogP contribution in [0.25, 0.3) is 11.1 Å². The molecule has 0 bridgehead atoms. The highest BCUT2D eigenvalue weighted by atomic mass is 19.4. The van der Waals surface area contributed by atoms with Gasteiger partial charge in [0.25, 0.3) is 11.8 Å². The van der Waals surface area contributed by atoms with Crippen LogP contribution in [0.15, 0.2) is 85.2 Å². The molecule has 0 saturated carbocycles. The van der Waals surface area contributed by atoms with E-state index < -0.39 is 17.6 Å². The molecular formula is C26H19F3N4O3. The van der Waals surface area contributed by atoms with Crippen LogP contribution in [-0.4, -0.2) is 28.8 Å². The maximum absolute atomic E-state index is 12.8. The molecule has 0 saturated heterocycles. The van der Waals surface area contributed by atoms with Crippen molar-refractivity contribution in [3.8, 4) is 22.6 Å². The SMILES string of the molecule is CNC(=O)c1cc(Oc2ccc(NC(=O)c3cc(-c4ccc(C(F)(F)F)cc4)ccn3)cc2)ccn1. The topological polar surface area (TPSA) is 93.2 Å². The Kier molecular flexibility index (Phi) is 6.95. The summed E-state index contributed by atoms with van der Waals surface area (Å²) in [5, 5.41) is 5.21. The van der Waals surface area contributed by atoms with Gasteiger partial charge in [-0.1, -0.05) is 12.1 Å². The van der Waals surface area contributed by atoms with Crippen LogP contribution < -0.4 is 15.4 Å². The highest BCUT2D eigenvalue weighted by Crippen LogP contribution is 2.31. The number of carbonyl (C=O) groups excluding carboxylic acids is 2. The van der Waals surface area contributed by atoms with Crippen LogP contribution in [0.3, 0.4) is 0 Å². The van der Waals surface area contributed by atoms with Crippen LogP contribution in [0.4, 0.5) is 18.9 Å². The van der Waals surface area contributed by atoms with E-state index in [1.807, 2.05) is 0 Å². The quantitative estimate of drug-likeness (QED) is 0.367. The van der Waals surface area contributed by atoms with Crippen LogP contribution in [0, 0.1) is 0 Å². The number of rotatable bonds is 6. The third-order valence-corrected chi connectivity index (χ3v) is 5.08. The third-order valence-electron chi connectivity index (χ3n) is 5.08. The summed E-state index contributed by atoms with van der Waals surface area (Å²) in [5.74, 6) is 0.0745. The average molecular weight is 492 g/mol. The summed E-state index contributed by atoms with van der Waals surface area (Å²) >= 11 is 0. The first-order chi connectivity index (χ1) is 17.2. The van der Waals surface area contributed by atoms with Gasteiger partial charge in [-0.05, 0) is 65.7 Å². The lowest BCUT2D eigenvalue weighted by Gasteiger charge is -2.10. The molecule has 0 aliphatic carbocycles. The Morgan fingerprint density at radius 2 is 1.39 bits per heavy atom. The number of amides is 2. The minimum absolute atomic E-state index is 0.103. The molecule has 2 aromatic carbocycles. The lowest BCUT2D eigenvalue weighted by molar-refractivity contribution is -0.137. The van der Waals surface area contributed by atoms with Crippen LogP contribution in [0.1, 0.15) is 26.5 Å². The smallest absolute Gasteiger partial charge is 0.416 e. The van der Waals surface area contributed by atoms with Gasteiger partial charge in [-0.25, -0.2) is 0 Å². The Morgan fingerprint density at radius 3 is 2.03 bits per heavy atom. The first kappa shape index (κ1) is 24.4. The summed E-state index contributed by atoms with van der Waals surface area (Å²) in [4.78, 5) is 32.4. The zero-order valence-electron chi connectivity index (χ0n) is 18.8. The van der Waals surface area contributed by atoms with E-state index in [1.54, 1.807) is 36.4 Å². The number of nitrogens with one attached hydrogen (secondary N) is 2. The fourth-order valence-electron chi connectivity index (χ4n) is 3.25. The molecule has 7 nitrogen and oxygen atoms in total. The van der Waals surface area contributed by atoms with E-state index in [9.17, 15) is 22.8 Å². The Balaban J connectivity index is 1.43. The molecule has 0 fully saturated rings. The van der Waals surface area contributed by atoms with Crippen LogP contribution in [-0.2, 0) is 6.18 Å². The van der Waals surface area contributed by atoms with Crippen molar-refractivity contribution in [2.45, 2.75) is 6.18 Å². The first-order valence-electron chi connectivity index (χ1n) is 10.6. The minimum Gasteiger partial charge on any atom is -0.457 e. The second-order valence-electron chi connectivity index (χ2n) is 7.54. The van der Waals surface area contributed by atoms with E-state index in [4.69, 9.17) is 4.74 Å². The number of alkyl halides is 3. The largest absolute Gasteiger partial charge is 0.457 e. The molecule has 0 atom stereocenters.